The van der Waals surface area contributed by atoms with E-state index in [2.05, 4.69) is 17.6 Å². The Bertz CT molecular complexity index is 672. The highest BCUT2D eigenvalue weighted by Crippen LogP contribution is 2.14. The number of carbonyl (C=O) groups is 1. The van der Waals surface area contributed by atoms with E-state index in [1.807, 2.05) is 37.3 Å². The van der Waals surface area contributed by atoms with Crippen molar-refractivity contribution in [3.05, 3.63) is 65.7 Å². The molecule has 0 aliphatic rings. The van der Waals surface area contributed by atoms with Crippen LogP contribution >= 0.6 is 12.2 Å². The van der Waals surface area contributed by atoms with Crippen LogP contribution in [-0.4, -0.2) is 17.1 Å². The maximum atomic E-state index is 12.2. The minimum absolute atomic E-state index is 0.152. The Morgan fingerprint density at radius 1 is 1.12 bits per heavy atom. The Hall–Kier alpha value is -2.40. The van der Waals surface area contributed by atoms with Crippen LogP contribution in [0, 0.1) is 0 Å². The molecule has 1 atom stereocenters. The van der Waals surface area contributed by atoms with Crippen molar-refractivity contribution in [3.63, 3.8) is 0 Å². The van der Waals surface area contributed by atoms with Crippen LogP contribution in [0.2, 0.25) is 0 Å². The van der Waals surface area contributed by atoms with Gasteiger partial charge in [-0.25, -0.2) is 0 Å². The number of hydrogen-bond donors (Lipinski definition) is 2. The highest BCUT2D eigenvalue weighted by Gasteiger charge is 2.08. The zero-order valence-electron chi connectivity index (χ0n) is 13.9. The molecule has 1 unspecified atom stereocenters. The lowest BCUT2D eigenvalue weighted by molar-refractivity contribution is 0.0976. The average Bonchev–Trinajstić information content (AvgIpc) is 2.61. The first-order chi connectivity index (χ1) is 11.6. The number of amides is 1. The van der Waals surface area contributed by atoms with Crippen LogP contribution in [-0.2, 0) is 6.54 Å². The van der Waals surface area contributed by atoms with Crippen molar-refractivity contribution in [2.24, 2.45) is 0 Å². The quantitative estimate of drug-likeness (QED) is 0.787. The van der Waals surface area contributed by atoms with Gasteiger partial charge in [0.15, 0.2) is 5.11 Å². The number of benzene rings is 2. The molecule has 24 heavy (non-hydrogen) atoms. The number of thiocarbonyl (C=S) groups is 1. The van der Waals surface area contributed by atoms with E-state index in [1.165, 1.54) is 0 Å². The molecule has 0 spiro atoms. The van der Waals surface area contributed by atoms with Crippen molar-refractivity contribution < 1.29 is 9.53 Å². The Morgan fingerprint density at radius 3 is 2.42 bits per heavy atom. The van der Waals surface area contributed by atoms with E-state index in [0.29, 0.717) is 17.2 Å². The van der Waals surface area contributed by atoms with Crippen LogP contribution in [0.4, 0.5) is 0 Å². The highest BCUT2D eigenvalue weighted by molar-refractivity contribution is 7.80. The van der Waals surface area contributed by atoms with E-state index in [-0.39, 0.29) is 12.0 Å². The molecule has 4 nitrogen and oxygen atoms in total. The molecule has 0 heterocycles. The number of ether oxygens (including phenoxy) is 1. The lowest BCUT2D eigenvalue weighted by Crippen LogP contribution is -2.38. The van der Waals surface area contributed by atoms with Gasteiger partial charge in [0.25, 0.3) is 5.91 Å². The van der Waals surface area contributed by atoms with Crippen LogP contribution in [0.3, 0.4) is 0 Å². The first-order valence-corrected chi connectivity index (χ1v) is 8.39. The highest BCUT2D eigenvalue weighted by atomic mass is 32.1. The molecule has 0 aliphatic heterocycles. The van der Waals surface area contributed by atoms with Crippen LogP contribution in [0.5, 0.6) is 5.75 Å². The van der Waals surface area contributed by atoms with Crippen molar-refractivity contribution in [2.45, 2.75) is 32.9 Å². The SMILES string of the molecule is CCC(C)Oc1ccc(C(=O)NC(=S)NCc2ccccc2)cc1. The van der Waals surface area contributed by atoms with Crippen LogP contribution in [0.1, 0.15) is 36.2 Å². The predicted octanol–water partition coefficient (Wildman–Crippen LogP) is 3.67. The fraction of sp³-hybridized carbons (Fsp3) is 0.263. The molecule has 0 saturated carbocycles. The van der Waals surface area contributed by atoms with Crippen molar-refractivity contribution >= 4 is 23.2 Å². The van der Waals surface area contributed by atoms with E-state index in [9.17, 15) is 4.79 Å². The molecular weight excluding hydrogens is 320 g/mol. The molecule has 126 valence electrons. The standard InChI is InChI=1S/C19H22N2O2S/c1-3-14(2)23-17-11-9-16(10-12-17)18(22)21-19(24)20-13-15-7-5-4-6-8-15/h4-12,14H,3,13H2,1-2H3,(H2,20,21,22,24). The smallest absolute Gasteiger partial charge is 0.257 e. The Kier molecular flexibility index (Phi) is 6.75. The van der Waals surface area contributed by atoms with Gasteiger partial charge in [-0.1, -0.05) is 37.3 Å². The predicted molar refractivity (Wildman–Crippen MR) is 100 cm³/mol. The van der Waals surface area contributed by atoms with E-state index in [4.69, 9.17) is 17.0 Å². The Balaban J connectivity index is 1.84. The minimum Gasteiger partial charge on any atom is -0.491 e. The fourth-order valence-corrected chi connectivity index (χ4v) is 2.16. The average molecular weight is 342 g/mol. The van der Waals surface area contributed by atoms with Gasteiger partial charge in [-0.2, -0.15) is 0 Å². The summed E-state index contributed by atoms with van der Waals surface area (Å²) in [4.78, 5) is 12.2. The maximum Gasteiger partial charge on any atom is 0.257 e. The molecule has 2 aromatic carbocycles. The first-order valence-electron chi connectivity index (χ1n) is 7.98. The molecule has 0 bridgehead atoms. The fourth-order valence-electron chi connectivity index (χ4n) is 2.00. The van der Waals surface area contributed by atoms with E-state index in [0.717, 1.165) is 17.7 Å². The third-order valence-electron chi connectivity index (χ3n) is 3.55. The zero-order chi connectivity index (χ0) is 17.4. The van der Waals surface area contributed by atoms with Gasteiger partial charge in [-0.15, -0.1) is 0 Å². The molecular formula is C19H22N2O2S. The molecule has 0 radical (unpaired) electrons. The topological polar surface area (TPSA) is 50.4 Å². The lowest BCUT2D eigenvalue weighted by atomic mass is 10.2. The molecule has 0 aliphatic carbocycles. The minimum atomic E-state index is -0.240. The van der Waals surface area contributed by atoms with Gasteiger partial charge in [0.1, 0.15) is 5.75 Å². The van der Waals surface area contributed by atoms with Gasteiger partial charge in [0.05, 0.1) is 6.10 Å². The van der Waals surface area contributed by atoms with Gasteiger partial charge in [0.2, 0.25) is 0 Å². The maximum absolute atomic E-state index is 12.2. The van der Waals surface area contributed by atoms with Gasteiger partial charge >= 0.3 is 0 Å². The second kappa shape index (κ2) is 9.03. The van der Waals surface area contributed by atoms with Crippen molar-refractivity contribution in [1.82, 2.24) is 10.6 Å². The molecule has 2 rings (SSSR count). The molecule has 1 amide bonds. The monoisotopic (exact) mass is 342 g/mol. The molecule has 5 heteroatoms. The molecule has 2 aromatic rings. The normalized spacial score (nSPS) is 11.4. The third-order valence-corrected chi connectivity index (χ3v) is 3.80. The molecule has 2 N–H and O–H groups in total. The molecule has 0 fully saturated rings. The summed E-state index contributed by atoms with van der Waals surface area (Å²) >= 11 is 5.16. The van der Waals surface area contributed by atoms with Crippen LogP contribution in [0.25, 0.3) is 0 Å². The number of nitrogens with one attached hydrogen (secondary N) is 2. The van der Waals surface area contributed by atoms with Gasteiger partial charge in [-0.05, 0) is 55.4 Å². The lowest BCUT2D eigenvalue weighted by Gasteiger charge is -2.13. The van der Waals surface area contributed by atoms with E-state index >= 15 is 0 Å². The Morgan fingerprint density at radius 2 is 1.79 bits per heavy atom. The molecule has 0 saturated heterocycles. The van der Waals surface area contributed by atoms with Gasteiger partial charge < -0.3 is 10.1 Å². The van der Waals surface area contributed by atoms with Crippen molar-refractivity contribution in [2.75, 3.05) is 0 Å². The zero-order valence-corrected chi connectivity index (χ0v) is 14.7. The van der Waals surface area contributed by atoms with Crippen molar-refractivity contribution in [3.8, 4) is 5.75 Å². The first kappa shape index (κ1) is 17.9. The summed E-state index contributed by atoms with van der Waals surface area (Å²) in [6, 6.07) is 16.9. The molecule has 0 aromatic heterocycles. The summed E-state index contributed by atoms with van der Waals surface area (Å²) in [5.74, 6) is 0.515. The number of hydrogen-bond acceptors (Lipinski definition) is 3. The number of carbonyl (C=O) groups excluding carboxylic acids is 1. The van der Waals surface area contributed by atoms with Crippen LogP contribution < -0.4 is 15.4 Å². The number of rotatable bonds is 6. The van der Waals surface area contributed by atoms with Gasteiger partial charge in [0, 0.05) is 12.1 Å². The van der Waals surface area contributed by atoms with Gasteiger partial charge in [-0.3, -0.25) is 10.1 Å². The van der Waals surface area contributed by atoms with E-state index in [1.54, 1.807) is 24.3 Å². The second-order valence-electron chi connectivity index (χ2n) is 5.48. The summed E-state index contributed by atoms with van der Waals surface area (Å²) in [5, 5.41) is 6.01. The Labute approximate surface area is 148 Å². The summed E-state index contributed by atoms with van der Waals surface area (Å²) in [7, 11) is 0. The van der Waals surface area contributed by atoms with Crippen LogP contribution in [0.15, 0.2) is 54.6 Å². The second-order valence-corrected chi connectivity index (χ2v) is 5.89. The van der Waals surface area contributed by atoms with E-state index < -0.39 is 0 Å². The summed E-state index contributed by atoms with van der Waals surface area (Å²) in [6.07, 6.45) is 1.09. The van der Waals surface area contributed by atoms with Crippen molar-refractivity contribution in [1.29, 1.82) is 0 Å². The largest absolute Gasteiger partial charge is 0.491 e. The summed E-state index contributed by atoms with van der Waals surface area (Å²) < 4.78 is 5.70. The summed E-state index contributed by atoms with van der Waals surface area (Å²) in [5.41, 5.74) is 1.64. The third kappa shape index (κ3) is 5.66. The summed E-state index contributed by atoms with van der Waals surface area (Å²) in [6.45, 7) is 4.65.